The number of ether oxygens (including phenoxy) is 1. The maximum absolute atomic E-state index is 5.61. The van der Waals surface area contributed by atoms with Crippen LogP contribution in [0.4, 0.5) is 5.82 Å². The fourth-order valence-corrected chi connectivity index (χ4v) is 1.66. The van der Waals surface area contributed by atoms with Crippen LogP contribution in [0.15, 0.2) is 18.3 Å². The summed E-state index contributed by atoms with van der Waals surface area (Å²) in [5, 5.41) is 3.27. The van der Waals surface area contributed by atoms with E-state index in [4.69, 9.17) is 16.3 Å². The lowest BCUT2D eigenvalue weighted by Gasteiger charge is -2.09. The number of hydrogen-bond acceptors (Lipinski definition) is 3. The summed E-state index contributed by atoms with van der Waals surface area (Å²) in [6.07, 6.45) is 6.41. The van der Waals surface area contributed by atoms with Gasteiger partial charge < -0.3 is 10.1 Å². The van der Waals surface area contributed by atoms with Crippen LogP contribution < -0.4 is 10.1 Å². The number of hydrogen-bond donors (Lipinski definition) is 1. The Bertz CT molecular complexity index is 294. The van der Waals surface area contributed by atoms with E-state index in [9.17, 15) is 0 Å². The van der Waals surface area contributed by atoms with E-state index >= 15 is 0 Å². The molecular weight excluding hydrogens is 224 g/mol. The van der Waals surface area contributed by atoms with Crippen LogP contribution in [-0.4, -0.2) is 24.5 Å². The van der Waals surface area contributed by atoms with Crippen molar-refractivity contribution >= 4 is 17.4 Å². The van der Waals surface area contributed by atoms with Gasteiger partial charge in [-0.2, -0.15) is 0 Å². The third kappa shape index (κ3) is 4.71. The van der Waals surface area contributed by atoms with E-state index in [2.05, 4.69) is 10.3 Å². The van der Waals surface area contributed by atoms with Gasteiger partial charge in [-0.1, -0.05) is 12.8 Å². The Labute approximate surface area is 102 Å². The van der Waals surface area contributed by atoms with Gasteiger partial charge in [-0.25, -0.2) is 4.98 Å². The summed E-state index contributed by atoms with van der Waals surface area (Å²) in [5.41, 5.74) is 0. The van der Waals surface area contributed by atoms with Crippen molar-refractivity contribution in [2.24, 2.45) is 0 Å². The molecule has 0 aromatic carbocycles. The Morgan fingerprint density at radius 2 is 2.12 bits per heavy atom. The molecule has 90 valence electrons. The Balaban J connectivity index is 2.21. The maximum Gasteiger partial charge on any atom is 0.168 e. The molecule has 0 atom stereocenters. The largest absolute Gasteiger partial charge is 0.493 e. The molecule has 4 heteroatoms. The summed E-state index contributed by atoms with van der Waals surface area (Å²) in [7, 11) is 1.66. The average molecular weight is 243 g/mol. The zero-order chi connectivity index (χ0) is 11.6. The van der Waals surface area contributed by atoms with Gasteiger partial charge in [0.1, 0.15) is 0 Å². The van der Waals surface area contributed by atoms with Gasteiger partial charge in [0.2, 0.25) is 0 Å². The highest BCUT2D eigenvalue weighted by Gasteiger charge is 2.00. The third-order valence-electron chi connectivity index (χ3n) is 2.34. The lowest BCUT2D eigenvalue weighted by molar-refractivity contribution is 0.414. The monoisotopic (exact) mass is 242 g/mol. The van der Waals surface area contributed by atoms with Gasteiger partial charge >= 0.3 is 0 Å². The van der Waals surface area contributed by atoms with Crippen molar-refractivity contribution in [1.29, 1.82) is 0 Å². The molecule has 0 unspecified atom stereocenters. The number of unbranched alkanes of at least 4 members (excludes halogenated alkanes) is 3. The van der Waals surface area contributed by atoms with Crippen molar-refractivity contribution in [2.45, 2.75) is 25.7 Å². The van der Waals surface area contributed by atoms with Crippen LogP contribution in [0.25, 0.3) is 0 Å². The molecule has 0 saturated carbocycles. The summed E-state index contributed by atoms with van der Waals surface area (Å²) in [6.45, 7) is 0.926. The normalized spacial score (nSPS) is 10.1. The molecule has 0 aliphatic carbocycles. The standard InChI is InChI=1S/C12H19ClN2O/c1-16-11-7-6-10-15-12(11)14-9-5-3-2-4-8-13/h6-7,10H,2-5,8-9H2,1H3,(H,14,15). The predicted molar refractivity (Wildman–Crippen MR) is 68.5 cm³/mol. The number of nitrogens with one attached hydrogen (secondary N) is 1. The van der Waals surface area contributed by atoms with Crippen molar-refractivity contribution in [3.8, 4) is 5.75 Å². The lowest BCUT2D eigenvalue weighted by Crippen LogP contribution is -2.04. The van der Waals surface area contributed by atoms with Gasteiger partial charge in [0, 0.05) is 18.6 Å². The van der Waals surface area contributed by atoms with E-state index < -0.39 is 0 Å². The minimum atomic E-state index is 0.765. The Hall–Kier alpha value is -0.960. The highest BCUT2D eigenvalue weighted by molar-refractivity contribution is 6.17. The molecule has 0 radical (unpaired) electrons. The van der Waals surface area contributed by atoms with Gasteiger partial charge in [0.25, 0.3) is 0 Å². The Morgan fingerprint density at radius 1 is 1.31 bits per heavy atom. The first-order chi connectivity index (χ1) is 7.88. The van der Waals surface area contributed by atoms with Gasteiger partial charge in [0.15, 0.2) is 11.6 Å². The second-order valence-corrected chi connectivity index (χ2v) is 3.96. The van der Waals surface area contributed by atoms with Gasteiger partial charge in [0.05, 0.1) is 7.11 Å². The maximum atomic E-state index is 5.61. The molecule has 0 bridgehead atoms. The van der Waals surface area contributed by atoms with Crippen LogP contribution in [0.5, 0.6) is 5.75 Å². The quantitative estimate of drug-likeness (QED) is 0.561. The van der Waals surface area contributed by atoms with E-state index in [0.717, 1.165) is 36.8 Å². The molecule has 0 spiro atoms. The van der Waals surface area contributed by atoms with Gasteiger partial charge in [-0.05, 0) is 25.0 Å². The molecule has 0 amide bonds. The van der Waals surface area contributed by atoms with Crippen LogP contribution in [0.2, 0.25) is 0 Å². The Kier molecular flexibility index (Phi) is 6.74. The number of aromatic nitrogens is 1. The van der Waals surface area contributed by atoms with Crippen LogP contribution in [0, 0.1) is 0 Å². The number of anilines is 1. The molecule has 0 aliphatic heterocycles. The number of rotatable bonds is 8. The van der Waals surface area contributed by atoms with Crippen molar-refractivity contribution < 1.29 is 4.74 Å². The minimum Gasteiger partial charge on any atom is -0.493 e. The predicted octanol–water partition coefficient (Wildman–Crippen LogP) is 3.30. The van der Waals surface area contributed by atoms with Crippen molar-refractivity contribution in [1.82, 2.24) is 4.98 Å². The topological polar surface area (TPSA) is 34.1 Å². The van der Waals surface area contributed by atoms with E-state index in [1.807, 2.05) is 12.1 Å². The van der Waals surface area contributed by atoms with Crippen molar-refractivity contribution in [3.05, 3.63) is 18.3 Å². The molecule has 1 rings (SSSR count). The molecule has 1 N–H and O–H groups in total. The fourth-order valence-electron chi connectivity index (χ4n) is 1.47. The molecule has 1 aromatic heterocycles. The fraction of sp³-hybridized carbons (Fsp3) is 0.583. The lowest BCUT2D eigenvalue weighted by atomic mass is 10.2. The van der Waals surface area contributed by atoms with E-state index in [-0.39, 0.29) is 0 Å². The Morgan fingerprint density at radius 3 is 2.88 bits per heavy atom. The number of pyridine rings is 1. The molecule has 0 saturated heterocycles. The molecule has 1 aromatic rings. The van der Waals surface area contributed by atoms with Crippen LogP contribution >= 0.6 is 11.6 Å². The van der Waals surface area contributed by atoms with Crippen molar-refractivity contribution in [2.75, 3.05) is 24.9 Å². The number of nitrogens with zero attached hydrogens (tertiary/aromatic N) is 1. The van der Waals surface area contributed by atoms with Crippen LogP contribution in [0.3, 0.4) is 0 Å². The van der Waals surface area contributed by atoms with Crippen molar-refractivity contribution in [3.63, 3.8) is 0 Å². The van der Waals surface area contributed by atoms with E-state index in [0.29, 0.717) is 0 Å². The van der Waals surface area contributed by atoms with Crippen LogP contribution in [-0.2, 0) is 0 Å². The van der Waals surface area contributed by atoms with Gasteiger partial charge in [-0.15, -0.1) is 11.6 Å². The first-order valence-corrected chi connectivity index (χ1v) is 6.20. The third-order valence-corrected chi connectivity index (χ3v) is 2.61. The minimum absolute atomic E-state index is 0.765. The number of halogens is 1. The summed E-state index contributed by atoms with van der Waals surface area (Å²) in [5.74, 6) is 2.38. The molecule has 1 heterocycles. The van der Waals surface area contributed by atoms with E-state index in [1.54, 1.807) is 13.3 Å². The molecule has 3 nitrogen and oxygen atoms in total. The summed E-state index contributed by atoms with van der Waals surface area (Å²) in [6, 6.07) is 3.77. The number of alkyl halides is 1. The van der Waals surface area contributed by atoms with E-state index in [1.165, 1.54) is 12.8 Å². The first-order valence-electron chi connectivity index (χ1n) is 5.67. The summed E-state index contributed by atoms with van der Waals surface area (Å²) >= 11 is 5.61. The van der Waals surface area contributed by atoms with Gasteiger partial charge in [-0.3, -0.25) is 0 Å². The second-order valence-electron chi connectivity index (χ2n) is 3.58. The van der Waals surface area contributed by atoms with Crippen LogP contribution in [0.1, 0.15) is 25.7 Å². The molecule has 16 heavy (non-hydrogen) atoms. The highest BCUT2D eigenvalue weighted by Crippen LogP contribution is 2.19. The summed E-state index contributed by atoms with van der Waals surface area (Å²) in [4.78, 5) is 4.23. The molecular formula is C12H19ClN2O. The number of methoxy groups -OCH3 is 1. The highest BCUT2D eigenvalue weighted by atomic mass is 35.5. The first kappa shape index (κ1) is 13.1. The summed E-state index contributed by atoms with van der Waals surface area (Å²) < 4.78 is 5.20. The molecule has 0 fully saturated rings. The zero-order valence-electron chi connectivity index (χ0n) is 9.71. The molecule has 0 aliphatic rings. The smallest absolute Gasteiger partial charge is 0.168 e. The zero-order valence-corrected chi connectivity index (χ0v) is 10.5. The SMILES string of the molecule is COc1cccnc1NCCCCCCCl. The average Bonchev–Trinajstić information content (AvgIpc) is 2.34. The second kappa shape index (κ2) is 8.22.